The first-order valence-corrected chi connectivity index (χ1v) is 11.0. The zero-order valence-corrected chi connectivity index (χ0v) is 18.8. The van der Waals surface area contributed by atoms with E-state index in [0.717, 1.165) is 31.9 Å². The van der Waals surface area contributed by atoms with Crippen molar-refractivity contribution in [3.05, 3.63) is 65.2 Å². The fourth-order valence-corrected chi connectivity index (χ4v) is 4.64. The van der Waals surface area contributed by atoms with E-state index in [1.165, 1.54) is 6.20 Å². The average Bonchev–Trinajstić information content (AvgIpc) is 3.41. The molecule has 0 spiro atoms. The van der Waals surface area contributed by atoms with E-state index in [0.29, 0.717) is 28.7 Å². The molecule has 4 heterocycles. The predicted octanol–water partition coefficient (Wildman–Crippen LogP) is 4.27. The van der Waals surface area contributed by atoms with Gasteiger partial charge in [0.05, 0.1) is 17.4 Å². The van der Waals surface area contributed by atoms with Gasteiger partial charge in [0.2, 0.25) is 0 Å². The van der Waals surface area contributed by atoms with E-state index >= 15 is 0 Å². The molecule has 0 fully saturated rings. The van der Waals surface area contributed by atoms with Crippen molar-refractivity contribution < 1.29 is 4.79 Å². The predicted molar refractivity (Wildman–Crippen MR) is 127 cm³/mol. The second-order valence-electron chi connectivity index (χ2n) is 7.18. The maximum absolute atomic E-state index is 12.3. The number of pyridine rings is 2. The van der Waals surface area contributed by atoms with Gasteiger partial charge in [0, 0.05) is 32.4 Å². The van der Waals surface area contributed by atoms with Crippen LogP contribution in [-0.4, -0.2) is 37.5 Å². The number of thiazole rings is 1. The van der Waals surface area contributed by atoms with Crippen molar-refractivity contribution in [2.45, 2.75) is 6.54 Å². The first-order chi connectivity index (χ1) is 15.5. The molecule has 0 atom stereocenters. The van der Waals surface area contributed by atoms with Crippen LogP contribution in [0, 0.1) is 0 Å². The summed E-state index contributed by atoms with van der Waals surface area (Å²) in [6.07, 6.45) is 3.25. The lowest BCUT2D eigenvalue weighted by Gasteiger charge is -2.06. The van der Waals surface area contributed by atoms with Gasteiger partial charge in [0.1, 0.15) is 20.4 Å². The van der Waals surface area contributed by atoms with Gasteiger partial charge in [-0.1, -0.05) is 35.9 Å². The van der Waals surface area contributed by atoms with E-state index in [9.17, 15) is 4.79 Å². The van der Waals surface area contributed by atoms with Crippen molar-refractivity contribution in [2.75, 3.05) is 12.4 Å². The number of nitrogens with one attached hydrogen (secondary N) is 2. The van der Waals surface area contributed by atoms with Gasteiger partial charge in [-0.05, 0) is 17.7 Å². The minimum absolute atomic E-state index is 0.198. The average molecular weight is 464 g/mol. The Bertz CT molecular complexity index is 1440. The number of imidazole rings is 1. The highest BCUT2D eigenvalue weighted by atomic mass is 35.5. The minimum atomic E-state index is -0.198. The van der Waals surface area contributed by atoms with Crippen molar-refractivity contribution in [3.8, 4) is 10.6 Å². The van der Waals surface area contributed by atoms with Gasteiger partial charge >= 0.3 is 0 Å². The molecule has 0 saturated heterocycles. The van der Waals surface area contributed by atoms with Crippen LogP contribution in [0.15, 0.2) is 48.9 Å². The van der Waals surface area contributed by atoms with Crippen LogP contribution in [0.2, 0.25) is 5.15 Å². The Morgan fingerprint density at radius 1 is 1.12 bits per heavy atom. The Labute approximate surface area is 192 Å². The third kappa shape index (κ3) is 3.65. The van der Waals surface area contributed by atoms with Crippen LogP contribution in [0.5, 0.6) is 0 Å². The lowest BCUT2D eigenvalue weighted by Crippen LogP contribution is -2.22. The Kier molecular flexibility index (Phi) is 5.20. The molecular weight excluding hydrogens is 446 g/mol. The zero-order chi connectivity index (χ0) is 22.2. The summed E-state index contributed by atoms with van der Waals surface area (Å²) in [7, 11) is 3.80. The van der Waals surface area contributed by atoms with Crippen LogP contribution >= 0.6 is 22.9 Å². The first-order valence-electron chi connectivity index (χ1n) is 9.82. The second-order valence-corrected chi connectivity index (χ2v) is 8.57. The largest absolute Gasteiger partial charge is 0.371 e. The number of hydrogen-bond acceptors (Lipinski definition) is 7. The number of aromatic nitrogens is 5. The van der Waals surface area contributed by atoms with Gasteiger partial charge < -0.3 is 15.2 Å². The van der Waals surface area contributed by atoms with Crippen LogP contribution < -0.4 is 10.6 Å². The summed E-state index contributed by atoms with van der Waals surface area (Å²) in [6.45, 7) is 0.407. The summed E-state index contributed by atoms with van der Waals surface area (Å²) in [6, 6.07) is 11.2. The number of fused-ring (bicyclic) bond motifs is 3. The second kappa shape index (κ2) is 8.18. The molecule has 10 heteroatoms. The van der Waals surface area contributed by atoms with E-state index in [1.54, 1.807) is 29.8 Å². The molecule has 0 saturated carbocycles. The summed E-state index contributed by atoms with van der Waals surface area (Å²) in [5, 5.41) is 7.23. The normalized spacial score (nSPS) is 11.2. The minimum Gasteiger partial charge on any atom is -0.371 e. The molecule has 0 radical (unpaired) electrons. The number of hydrogen-bond donors (Lipinski definition) is 2. The maximum atomic E-state index is 12.3. The molecule has 8 nitrogen and oxygen atoms in total. The molecule has 2 N–H and O–H groups in total. The van der Waals surface area contributed by atoms with Gasteiger partial charge in [0.15, 0.2) is 11.5 Å². The van der Waals surface area contributed by atoms with Crippen molar-refractivity contribution in [1.82, 2.24) is 29.8 Å². The van der Waals surface area contributed by atoms with Gasteiger partial charge in [-0.2, -0.15) is 0 Å². The molecule has 0 bridgehead atoms. The maximum Gasteiger partial charge on any atom is 0.253 e. The zero-order valence-electron chi connectivity index (χ0n) is 17.3. The number of nitrogens with zero attached hydrogens (tertiary/aromatic N) is 5. The standard InChI is InChI=1S/C22H18ClN7OS/c1-24-19-16-17(30(2)11-27-16)18-20(28-19)29-22(32-18)13-5-3-12(4-6-13)9-26-21(31)14-7-8-15(23)25-10-14/h3-8,10-11H,9H2,1-2H3,(H,24,28)(H,26,31). The van der Waals surface area contributed by atoms with Crippen LogP contribution in [0.3, 0.4) is 0 Å². The Hall–Kier alpha value is -3.56. The lowest BCUT2D eigenvalue weighted by atomic mass is 10.1. The number of carbonyl (C=O) groups is 1. The molecule has 1 aromatic carbocycles. The highest BCUT2D eigenvalue weighted by Gasteiger charge is 2.17. The smallest absolute Gasteiger partial charge is 0.253 e. The van der Waals surface area contributed by atoms with Crippen LogP contribution in [0.4, 0.5) is 5.82 Å². The highest BCUT2D eigenvalue weighted by Crippen LogP contribution is 2.35. The molecule has 0 aliphatic heterocycles. The fraction of sp³-hybridized carbons (Fsp3) is 0.136. The topological polar surface area (TPSA) is 97.6 Å². The Morgan fingerprint density at radius 2 is 1.94 bits per heavy atom. The molecule has 0 aliphatic rings. The summed E-state index contributed by atoms with van der Waals surface area (Å²) < 4.78 is 2.99. The quantitative estimate of drug-likeness (QED) is 0.378. The van der Waals surface area contributed by atoms with Gasteiger partial charge in [-0.25, -0.2) is 19.9 Å². The van der Waals surface area contributed by atoms with E-state index in [4.69, 9.17) is 16.6 Å². The molecule has 5 rings (SSSR count). The number of benzene rings is 1. The van der Waals surface area contributed by atoms with Crippen molar-refractivity contribution in [1.29, 1.82) is 0 Å². The highest BCUT2D eigenvalue weighted by molar-refractivity contribution is 7.22. The molecule has 5 aromatic rings. The van der Waals surface area contributed by atoms with Gasteiger partial charge in [-0.3, -0.25) is 4.79 Å². The van der Waals surface area contributed by atoms with E-state index in [-0.39, 0.29) is 5.91 Å². The summed E-state index contributed by atoms with van der Waals surface area (Å²) >= 11 is 7.36. The van der Waals surface area contributed by atoms with E-state index < -0.39 is 0 Å². The lowest BCUT2D eigenvalue weighted by molar-refractivity contribution is 0.0950. The number of aryl methyl sites for hydroxylation is 1. The molecule has 32 heavy (non-hydrogen) atoms. The monoisotopic (exact) mass is 463 g/mol. The Morgan fingerprint density at radius 3 is 2.66 bits per heavy atom. The van der Waals surface area contributed by atoms with E-state index in [2.05, 4.69) is 25.6 Å². The van der Waals surface area contributed by atoms with Crippen molar-refractivity contribution >= 4 is 56.0 Å². The van der Waals surface area contributed by atoms with E-state index in [1.807, 2.05) is 42.9 Å². The molecule has 160 valence electrons. The number of carbonyl (C=O) groups excluding carboxylic acids is 1. The van der Waals surface area contributed by atoms with Crippen molar-refractivity contribution in [2.24, 2.45) is 7.05 Å². The molecular formula is C22H18ClN7OS. The summed E-state index contributed by atoms with van der Waals surface area (Å²) in [5.74, 6) is 0.517. The van der Waals surface area contributed by atoms with Gasteiger partial charge in [0.25, 0.3) is 5.91 Å². The third-order valence-electron chi connectivity index (χ3n) is 5.08. The number of amides is 1. The molecule has 0 aliphatic carbocycles. The molecule has 1 amide bonds. The fourth-order valence-electron chi connectivity index (χ4n) is 3.43. The number of anilines is 1. The van der Waals surface area contributed by atoms with Crippen LogP contribution in [0.1, 0.15) is 15.9 Å². The molecule has 4 aromatic heterocycles. The van der Waals surface area contributed by atoms with Crippen LogP contribution in [-0.2, 0) is 13.6 Å². The van der Waals surface area contributed by atoms with Crippen molar-refractivity contribution in [3.63, 3.8) is 0 Å². The SMILES string of the molecule is CNc1nc2nc(-c3ccc(CNC(=O)c4ccc(Cl)nc4)cc3)sc2c2c1ncn2C. The molecule has 0 unspecified atom stereocenters. The number of rotatable bonds is 5. The Balaban J connectivity index is 1.38. The summed E-state index contributed by atoms with van der Waals surface area (Å²) in [4.78, 5) is 30.0. The van der Waals surface area contributed by atoms with Crippen LogP contribution in [0.25, 0.3) is 32.0 Å². The first kappa shape index (κ1) is 20.3. The van der Waals surface area contributed by atoms with Gasteiger partial charge in [-0.15, -0.1) is 11.3 Å². The summed E-state index contributed by atoms with van der Waals surface area (Å²) in [5.41, 5.74) is 4.98. The number of halogens is 1. The third-order valence-corrected chi connectivity index (χ3v) is 6.41.